The number of piperazine rings is 1. The largest absolute Gasteiger partial charge is 0.370 e. The Labute approximate surface area is 175 Å². The number of hydrogen-bond donors (Lipinski definition) is 2. The molecule has 0 aromatic heterocycles. The minimum absolute atomic E-state index is 0. The van der Waals surface area contributed by atoms with Crippen molar-refractivity contribution in [1.29, 1.82) is 0 Å². The van der Waals surface area contributed by atoms with Crippen molar-refractivity contribution >= 4 is 35.6 Å². The first kappa shape index (κ1) is 21.3. The van der Waals surface area contributed by atoms with Gasteiger partial charge in [-0.3, -0.25) is 9.89 Å². The molecule has 1 aliphatic carbocycles. The van der Waals surface area contributed by atoms with Crippen molar-refractivity contribution in [2.45, 2.75) is 32.6 Å². The Morgan fingerprint density at radius 2 is 2.00 bits per heavy atom. The lowest BCUT2D eigenvalue weighted by molar-refractivity contribution is 0.255. The predicted molar refractivity (Wildman–Crippen MR) is 122 cm³/mol. The van der Waals surface area contributed by atoms with Crippen molar-refractivity contribution in [2.75, 3.05) is 50.7 Å². The fraction of sp³-hybridized carbons (Fsp3) is 0.650. The molecule has 3 N–H and O–H groups in total. The Hall–Kier alpha value is -1.02. The zero-order chi connectivity index (χ0) is 17.5. The van der Waals surface area contributed by atoms with Crippen LogP contribution in [0.4, 0.5) is 5.69 Å². The highest BCUT2D eigenvalue weighted by Gasteiger charge is 2.17. The first-order chi connectivity index (χ1) is 12.2. The van der Waals surface area contributed by atoms with Gasteiger partial charge in [-0.25, -0.2) is 0 Å². The number of aliphatic imine (C=N–C) groups is 1. The first-order valence-corrected chi connectivity index (χ1v) is 9.78. The van der Waals surface area contributed by atoms with Crippen LogP contribution in [0.2, 0.25) is 0 Å². The second kappa shape index (κ2) is 11.0. The molecule has 0 unspecified atom stereocenters. The van der Waals surface area contributed by atoms with Gasteiger partial charge in [-0.1, -0.05) is 18.6 Å². The molecule has 5 nitrogen and oxygen atoms in total. The van der Waals surface area contributed by atoms with Gasteiger partial charge < -0.3 is 16.0 Å². The summed E-state index contributed by atoms with van der Waals surface area (Å²) in [7, 11) is 0. The molecule has 1 aromatic carbocycles. The quantitative estimate of drug-likeness (QED) is 0.278. The summed E-state index contributed by atoms with van der Waals surface area (Å²) in [5.41, 5.74) is 8.63. The molecular formula is C20H34IN5. The van der Waals surface area contributed by atoms with Crippen LogP contribution in [0.5, 0.6) is 0 Å². The summed E-state index contributed by atoms with van der Waals surface area (Å²) >= 11 is 0. The lowest BCUT2D eigenvalue weighted by Gasteiger charge is -2.36. The van der Waals surface area contributed by atoms with Gasteiger partial charge in [0.2, 0.25) is 0 Å². The molecule has 1 saturated carbocycles. The number of nitrogens with one attached hydrogen (secondary N) is 1. The van der Waals surface area contributed by atoms with E-state index in [9.17, 15) is 0 Å². The number of anilines is 1. The van der Waals surface area contributed by atoms with E-state index >= 15 is 0 Å². The maximum absolute atomic E-state index is 5.93. The van der Waals surface area contributed by atoms with Crippen molar-refractivity contribution in [3.8, 4) is 0 Å². The van der Waals surface area contributed by atoms with E-state index in [1.165, 1.54) is 30.5 Å². The van der Waals surface area contributed by atoms with E-state index in [-0.39, 0.29) is 24.0 Å². The number of hydrogen-bond acceptors (Lipinski definition) is 3. The van der Waals surface area contributed by atoms with Crippen LogP contribution in [0.3, 0.4) is 0 Å². The highest BCUT2D eigenvalue weighted by molar-refractivity contribution is 14.0. The third kappa shape index (κ3) is 6.61. The molecule has 2 fully saturated rings. The maximum atomic E-state index is 5.93. The van der Waals surface area contributed by atoms with Gasteiger partial charge in [0, 0.05) is 45.0 Å². The molecule has 0 spiro atoms. The van der Waals surface area contributed by atoms with E-state index in [0.717, 1.165) is 58.2 Å². The number of rotatable bonds is 7. The molecular weight excluding hydrogens is 437 g/mol. The summed E-state index contributed by atoms with van der Waals surface area (Å²) in [6, 6.07) is 8.82. The number of nitrogens with zero attached hydrogens (tertiary/aromatic N) is 3. The van der Waals surface area contributed by atoms with Gasteiger partial charge >= 0.3 is 0 Å². The normalized spacial score (nSPS) is 19.0. The lowest BCUT2D eigenvalue weighted by Crippen LogP contribution is -2.47. The van der Waals surface area contributed by atoms with Gasteiger partial charge in [-0.15, -0.1) is 24.0 Å². The molecule has 3 rings (SSSR count). The summed E-state index contributed by atoms with van der Waals surface area (Å²) < 4.78 is 0. The first-order valence-electron chi connectivity index (χ1n) is 9.78. The monoisotopic (exact) mass is 471 g/mol. The third-order valence-corrected chi connectivity index (χ3v) is 5.44. The van der Waals surface area contributed by atoms with Crippen molar-refractivity contribution in [3.63, 3.8) is 0 Å². The number of halogens is 1. The van der Waals surface area contributed by atoms with E-state index in [1.54, 1.807) is 0 Å². The van der Waals surface area contributed by atoms with Gasteiger partial charge in [-0.05, 0) is 56.3 Å². The molecule has 1 saturated heterocycles. The smallest absolute Gasteiger partial charge is 0.188 e. The van der Waals surface area contributed by atoms with E-state index in [1.807, 2.05) is 0 Å². The Morgan fingerprint density at radius 1 is 1.23 bits per heavy atom. The molecule has 1 aliphatic heterocycles. The molecule has 2 aliphatic rings. The van der Waals surface area contributed by atoms with Gasteiger partial charge in [0.25, 0.3) is 0 Å². The molecule has 0 amide bonds. The lowest BCUT2D eigenvalue weighted by atomic mass is 9.86. The Morgan fingerprint density at radius 3 is 2.65 bits per heavy atom. The summed E-state index contributed by atoms with van der Waals surface area (Å²) in [5, 5.41) is 3.26. The molecule has 146 valence electrons. The molecule has 26 heavy (non-hydrogen) atoms. The zero-order valence-electron chi connectivity index (χ0n) is 16.0. The third-order valence-electron chi connectivity index (χ3n) is 5.44. The zero-order valence-corrected chi connectivity index (χ0v) is 18.3. The minimum atomic E-state index is 0. The molecule has 1 heterocycles. The van der Waals surface area contributed by atoms with Crippen molar-refractivity contribution in [3.05, 3.63) is 29.8 Å². The van der Waals surface area contributed by atoms with Crippen LogP contribution in [0, 0.1) is 12.8 Å². The number of guanidine groups is 1. The van der Waals surface area contributed by atoms with Crippen molar-refractivity contribution in [2.24, 2.45) is 16.6 Å². The van der Waals surface area contributed by atoms with Gasteiger partial charge in [0.15, 0.2) is 5.96 Å². The molecule has 6 heteroatoms. The number of benzene rings is 1. The van der Waals surface area contributed by atoms with E-state index in [2.05, 4.69) is 51.3 Å². The van der Waals surface area contributed by atoms with Gasteiger partial charge in [0.1, 0.15) is 0 Å². The maximum Gasteiger partial charge on any atom is 0.188 e. The van der Waals surface area contributed by atoms with Crippen LogP contribution >= 0.6 is 24.0 Å². The van der Waals surface area contributed by atoms with E-state index < -0.39 is 0 Å². The summed E-state index contributed by atoms with van der Waals surface area (Å²) in [5.74, 6) is 1.40. The minimum Gasteiger partial charge on any atom is -0.370 e. The Kier molecular flexibility index (Phi) is 8.98. The SMILES string of the molecule is Cc1cccc(N2CCN(CCCNC(N)=NCC3CCC3)CC2)c1.I. The van der Waals surface area contributed by atoms with Crippen LogP contribution in [-0.4, -0.2) is 56.7 Å². The van der Waals surface area contributed by atoms with Crippen LogP contribution in [0.15, 0.2) is 29.3 Å². The topological polar surface area (TPSA) is 56.9 Å². The average molecular weight is 471 g/mol. The Balaban J connectivity index is 0.00000243. The molecule has 0 atom stereocenters. The average Bonchev–Trinajstić information content (AvgIpc) is 2.58. The van der Waals surface area contributed by atoms with Gasteiger partial charge in [0.05, 0.1) is 0 Å². The molecule has 0 bridgehead atoms. The van der Waals surface area contributed by atoms with Crippen LogP contribution < -0.4 is 16.0 Å². The summed E-state index contributed by atoms with van der Waals surface area (Å²) in [4.78, 5) is 9.49. The van der Waals surface area contributed by atoms with Gasteiger partial charge in [-0.2, -0.15) is 0 Å². The van der Waals surface area contributed by atoms with Crippen LogP contribution in [0.25, 0.3) is 0 Å². The highest BCUT2D eigenvalue weighted by Crippen LogP contribution is 2.26. The fourth-order valence-electron chi connectivity index (χ4n) is 3.53. The van der Waals surface area contributed by atoms with Crippen LogP contribution in [-0.2, 0) is 0 Å². The highest BCUT2D eigenvalue weighted by atomic mass is 127. The Bertz CT molecular complexity index is 565. The molecule has 1 aromatic rings. The summed E-state index contributed by atoms with van der Waals surface area (Å²) in [6.07, 6.45) is 5.13. The second-order valence-corrected chi connectivity index (χ2v) is 7.47. The van der Waals surface area contributed by atoms with Crippen molar-refractivity contribution < 1.29 is 0 Å². The van der Waals surface area contributed by atoms with E-state index in [0.29, 0.717) is 5.96 Å². The van der Waals surface area contributed by atoms with Crippen molar-refractivity contribution in [1.82, 2.24) is 10.2 Å². The second-order valence-electron chi connectivity index (χ2n) is 7.47. The fourth-order valence-corrected chi connectivity index (χ4v) is 3.53. The number of aryl methyl sites for hydroxylation is 1. The summed E-state index contributed by atoms with van der Waals surface area (Å²) in [6.45, 7) is 9.61. The standard InChI is InChI=1S/C20H33N5.HI/c1-17-5-2-8-19(15-17)25-13-11-24(12-14-25)10-4-9-22-20(21)23-16-18-6-3-7-18;/h2,5,8,15,18H,3-4,6-7,9-14,16H2,1H3,(H3,21,22,23);1H. The molecule has 0 radical (unpaired) electrons. The van der Waals surface area contributed by atoms with Crippen LogP contribution in [0.1, 0.15) is 31.2 Å². The van der Waals surface area contributed by atoms with E-state index in [4.69, 9.17) is 5.73 Å². The predicted octanol–water partition coefficient (Wildman–Crippen LogP) is 2.83. The number of nitrogens with two attached hydrogens (primary N) is 1.